The first kappa shape index (κ1) is 29.1. The van der Waals surface area contributed by atoms with E-state index in [2.05, 4.69) is 4.74 Å². The Hall–Kier alpha value is -3.37. The molecule has 0 bridgehead atoms. The van der Waals surface area contributed by atoms with Crippen LogP contribution in [0.15, 0.2) is 103 Å². The summed E-state index contributed by atoms with van der Waals surface area (Å²) in [6.45, 7) is 1.35. The van der Waals surface area contributed by atoms with Crippen LogP contribution in [0.5, 0.6) is 0 Å². The molecular formula is C33H36O8. The number of carbonyl (C=O) groups excluding carboxylic acids is 1. The van der Waals surface area contributed by atoms with Gasteiger partial charge in [0.1, 0.15) is 0 Å². The number of methoxy groups -OCH3 is 1. The van der Waals surface area contributed by atoms with E-state index in [1.54, 1.807) is 6.08 Å². The van der Waals surface area contributed by atoms with Gasteiger partial charge in [0.15, 0.2) is 12.1 Å². The fourth-order valence-corrected chi connectivity index (χ4v) is 5.39. The number of hydrogen-bond donors (Lipinski definition) is 1. The molecule has 1 aliphatic heterocycles. The standard InChI is InChI=1S/C33H36O8/c1-36-28(34)18-11-19-38-32-29-31(40-22-26-16-9-4-10-17-26)30(39-21-25-14-7-3-8-15-25)27(33(29,35)41-32)23-37-20-24-12-5-2-6-13-24/h2-18,27,29-32,35H,19-23H2,1H3/b18-11+/t27?,29?,30-,31?,32-,33?/m1/s1. The molecule has 41 heavy (non-hydrogen) atoms. The van der Waals surface area contributed by atoms with E-state index in [4.69, 9.17) is 23.7 Å². The molecule has 1 N–H and O–H groups in total. The highest BCUT2D eigenvalue weighted by atomic mass is 16.8. The second-order valence-electron chi connectivity index (χ2n) is 10.2. The Morgan fingerprint density at radius 1 is 0.805 bits per heavy atom. The quantitative estimate of drug-likeness (QED) is 0.229. The second kappa shape index (κ2) is 14.0. The van der Waals surface area contributed by atoms with Crippen molar-refractivity contribution in [3.8, 4) is 0 Å². The van der Waals surface area contributed by atoms with Crippen molar-refractivity contribution >= 4 is 5.97 Å². The summed E-state index contributed by atoms with van der Waals surface area (Å²) in [6, 6.07) is 29.6. The van der Waals surface area contributed by atoms with Crippen LogP contribution in [0.1, 0.15) is 16.7 Å². The maximum atomic E-state index is 11.9. The van der Waals surface area contributed by atoms with Crippen LogP contribution in [-0.4, -0.2) is 55.7 Å². The molecule has 5 rings (SSSR count). The zero-order valence-corrected chi connectivity index (χ0v) is 23.0. The highest BCUT2D eigenvalue weighted by Crippen LogP contribution is 2.55. The molecule has 0 amide bonds. The van der Waals surface area contributed by atoms with E-state index in [1.165, 1.54) is 13.2 Å². The number of ether oxygens (including phenoxy) is 6. The maximum Gasteiger partial charge on any atom is 0.330 e. The highest BCUT2D eigenvalue weighted by Gasteiger charge is 2.72. The van der Waals surface area contributed by atoms with Crippen LogP contribution < -0.4 is 0 Å². The minimum atomic E-state index is -1.57. The average Bonchev–Trinajstić information content (AvgIpc) is 3.18. The molecule has 8 nitrogen and oxygen atoms in total. The van der Waals surface area contributed by atoms with Crippen molar-refractivity contribution in [3.63, 3.8) is 0 Å². The van der Waals surface area contributed by atoms with Gasteiger partial charge < -0.3 is 33.5 Å². The summed E-state index contributed by atoms with van der Waals surface area (Å²) < 4.78 is 35.6. The topological polar surface area (TPSA) is 92.7 Å². The van der Waals surface area contributed by atoms with Gasteiger partial charge in [-0.15, -0.1) is 0 Å². The summed E-state index contributed by atoms with van der Waals surface area (Å²) in [6.07, 6.45) is 0.992. The van der Waals surface area contributed by atoms with Gasteiger partial charge in [0.05, 0.1) is 64.2 Å². The summed E-state index contributed by atoms with van der Waals surface area (Å²) in [5, 5.41) is 11.9. The summed E-state index contributed by atoms with van der Waals surface area (Å²) in [7, 11) is 1.31. The Morgan fingerprint density at radius 2 is 1.34 bits per heavy atom. The van der Waals surface area contributed by atoms with Crippen molar-refractivity contribution < 1.29 is 38.3 Å². The summed E-state index contributed by atoms with van der Waals surface area (Å²) in [5.74, 6) is -3.12. The molecule has 4 unspecified atom stereocenters. The molecule has 0 radical (unpaired) electrons. The normalized spacial score (nSPS) is 26.9. The predicted octanol–water partition coefficient (Wildman–Crippen LogP) is 4.41. The Bertz CT molecular complexity index is 1250. The van der Waals surface area contributed by atoms with E-state index in [9.17, 15) is 9.90 Å². The van der Waals surface area contributed by atoms with Crippen molar-refractivity contribution in [1.82, 2.24) is 0 Å². The third kappa shape index (κ3) is 7.11. The summed E-state index contributed by atoms with van der Waals surface area (Å²) >= 11 is 0. The van der Waals surface area contributed by atoms with Gasteiger partial charge in [0.25, 0.3) is 0 Å². The number of rotatable bonds is 14. The van der Waals surface area contributed by atoms with E-state index in [0.717, 1.165) is 16.7 Å². The third-order valence-corrected chi connectivity index (χ3v) is 7.47. The van der Waals surface area contributed by atoms with Crippen LogP contribution in [0.2, 0.25) is 0 Å². The van der Waals surface area contributed by atoms with Crippen LogP contribution >= 0.6 is 0 Å². The lowest BCUT2D eigenvalue weighted by Gasteiger charge is -2.49. The van der Waals surface area contributed by atoms with Crippen molar-refractivity contribution in [3.05, 3.63) is 120 Å². The SMILES string of the molecule is COC(=O)/C=C/CO[C@@H]1OC2(O)C1C(OCc1ccccc1)[C@H](OCc1ccccc1)C2COCc1ccccc1. The van der Waals surface area contributed by atoms with E-state index in [-0.39, 0.29) is 13.2 Å². The molecule has 0 aromatic heterocycles. The second-order valence-corrected chi connectivity index (χ2v) is 10.2. The molecule has 1 aliphatic carbocycles. The van der Waals surface area contributed by atoms with E-state index >= 15 is 0 Å². The monoisotopic (exact) mass is 560 g/mol. The number of carbonyl (C=O) groups is 1. The Balaban J connectivity index is 1.35. The lowest BCUT2D eigenvalue weighted by atomic mass is 9.89. The Morgan fingerprint density at radius 3 is 1.90 bits per heavy atom. The van der Waals surface area contributed by atoms with Gasteiger partial charge >= 0.3 is 5.97 Å². The zero-order valence-electron chi connectivity index (χ0n) is 23.0. The molecule has 0 spiro atoms. The molecule has 2 aliphatic rings. The van der Waals surface area contributed by atoms with E-state index in [0.29, 0.717) is 19.8 Å². The summed E-state index contributed by atoms with van der Waals surface area (Å²) in [4.78, 5) is 11.4. The minimum absolute atomic E-state index is 0.0997. The Labute approximate surface area is 240 Å². The molecule has 1 heterocycles. The average molecular weight is 561 g/mol. The first-order valence-electron chi connectivity index (χ1n) is 13.8. The minimum Gasteiger partial charge on any atom is -0.466 e. The Kier molecular flexibility index (Phi) is 9.95. The molecule has 2 fully saturated rings. The number of fused-ring (bicyclic) bond motifs is 1. The molecule has 6 atom stereocenters. The fourth-order valence-electron chi connectivity index (χ4n) is 5.39. The third-order valence-electron chi connectivity index (χ3n) is 7.47. The lowest BCUT2D eigenvalue weighted by Crippen LogP contribution is -2.64. The van der Waals surface area contributed by atoms with E-state index < -0.39 is 42.1 Å². The maximum absolute atomic E-state index is 11.9. The molecule has 1 saturated heterocycles. The summed E-state index contributed by atoms with van der Waals surface area (Å²) in [5.41, 5.74) is 3.03. The molecule has 216 valence electrons. The van der Waals surface area contributed by atoms with Crippen molar-refractivity contribution in [2.75, 3.05) is 20.3 Å². The van der Waals surface area contributed by atoms with Gasteiger partial charge in [-0.2, -0.15) is 0 Å². The largest absolute Gasteiger partial charge is 0.466 e. The number of benzene rings is 3. The van der Waals surface area contributed by atoms with Crippen molar-refractivity contribution in [2.24, 2.45) is 11.8 Å². The lowest BCUT2D eigenvalue weighted by molar-refractivity contribution is -0.439. The van der Waals surface area contributed by atoms with Gasteiger partial charge in [-0.05, 0) is 16.7 Å². The molecular weight excluding hydrogens is 524 g/mol. The van der Waals surface area contributed by atoms with Crippen LogP contribution in [0.25, 0.3) is 0 Å². The van der Waals surface area contributed by atoms with Crippen LogP contribution in [-0.2, 0) is 53.0 Å². The van der Waals surface area contributed by atoms with Gasteiger partial charge in [-0.1, -0.05) is 97.1 Å². The van der Waals surface area contributed by atoms with Gasteiger partial charge in [0, 0.05) is 6.08 Å². The fraction of sp³-hybridized carbons (Fsp3) is 0.364. The first-order valence-corrected chi connectivity index (χ1v) is 13.8. The van der Waals surface area contributed by atoms with Gasteiger partial charge in [0.2, 0.25) is 0 Å². The van der Waals surface area contributed by atoms with Crippen LogP contribution in [0.4, 0.5) is 0 Å². The van der Waals surface area contributed by atoms with Crippen molar-refractivity contribution in [2.45, 2.75) is 44.1 Å². The van der Waals surface area contributed by atoms with Crippen LogP contribution in [0, 0.1) is 11.8 Å². The molecule has 1 saturated carbocycles. The van der Waals surface area contributed by atoms with Crippen molar-refractivity contribution in [1.29, 1.82) is 0 Å². The highest BCUT2D eigenvalue weighted by molar-refractivity contribution is 5.81. The van der Waals surface area contributed by atoms with Crippen LogP contribution in [0.3, 0.4) is 0 Å². The predicted molar refractivity (Wildman–Crippen MR) is 150 cm³/mol. The van der Waals surface area contributed by atoms with E-state index in [1.807, 2.05) is 91.0 Å². The molecule has 3 aromatic rings. The van der Waals surface area contributed by atoms with Gasteiger partial charge in [-0.3, -0.25) is 0 Å². The number of aliphatic hydroxyl groups is 1. The molecule has 3 aromatic carbocycles. The zero-order chi connectivity index (χ0) is 28.5. The van der Waals surface area contributed by atoms with Gasteiger partial charge in [-0.25, -0.2) is 4.79 Å². The molecule has 8 heteroatoms. The number of esters is 1. The first-order chi connectivity index (χ1) is 20.1. The smallest absolute Gasteiger partial charge is 0.330 e. The number of hydrogen-bond acceptors (Lipinski definition) is 8.